The molecule has 0 N–H and O–H groups in total. The van der Waals surface area contributed by atoms with Crippen LogP contribution in [-0.4, -0.2) is 0 Å². The molecule has 1 radical (unpaired) electrons. The van der Waals surface area contributed by atoms with Crippen molar-refractivity contribution in [1.82, 2.24) is 0 Å². The van der Waals surface area contributed by atoms with Crippen molar-refractivity contribution in [2.24, 2.45) is 0 Å². The summed E-state index contributed by atoms with van der Waals surface area (Å²) in [6.45, 7) is 2.06. The quantitative estimate of drug-likeness (QED) is 0.624. The van der Waals surface area contributed by atoms with E-state index in [1.165, 1.54) is 0 Å². The van der Waals surface area contributed by atoms with Crippen LogP contribution in [0, 0.1) is 6.07 Å². The maximum absolute atomic E-state index is 5.05. The predicted molar refractivity (Wildman–Crippen MR) is 39.6 cm³/mol. The van der Waals surface area contributed by atoms with Crippen molar-refractivity contribution >= 4 is 12.6 Å². The van der Waals surface area contributed by atoms with Crippen LogP contribution in [0.1, 0.15) is 24.4 Å². The Balaban J connectivity index is 2.65. The first-order valence-electron chi connectivity index (χ1n) is 2.97. The smallest absolute Gasteiger partial charge is 0.124 e. The second-order valence-electron chi connectivity index (χ2n) is 1.85. The van der Waals surface area contributed by atoms with E-state index in [2.05, 4.69) is 25.6 Å². The van der Waals surface area contributed by atoms with Gasteiger partial charge in [-0.25, -0.2) is 0 Å². The Hall–Kier alpha value is -0.370. The Morgan fingerprint density at radius 2 is 2.67 bits per heavy atom. The molecule has 0 bridgehead atoms. The Morgan fingerprint density at radius 1 is 1.89 bits per heavy atom. The second kappa shape index (κ2) is 2.97. The molecule has 2 heteroatoms. The summed E-state index contributed by atoms with van der Waals surface area (Å²) in [6, 6.07) is 4.70. The van der Waals surface area contributed by atoms with E-state index in [0.717, 1.165) is 12.2 Å². The summed E-state index contributed by atoms with van der Waals surface area (Å²) in [5, 5.41) is 0.208. The van der Waals surface area contributed by atoms with E-state index in [9.17, 15) is 0 Å². The first-order valence-corrected chi connectivity index (χ1v) is 3.49. The number of hydrogen-bond donors (Lipinski definition) is 1. The predicted octanol–water partition coefficient (Wildman–Crippen LogP) is 2.46. The van der Waals surface area contributed by atoms with E-state index >= 15 is 0 Å². The van der Waals surface area contributed by atoms with Crippen LogP contribution in [0.25, 0.3) is 0 Å². The average molecular weight is 141 g/mol. The lowest BCUT2D eigenvalue weighted by molar-refractivity contribution is 0.502. The Labute approximate surface area is 60.5 Å². The fraction of sp³-hybridized carbons (Fsp3) is 0.429. The van der Waals surface area contributed by atoms with Crippen molar-refractivity contribution in [3.63, 3.8) is 0 Å². The lowest BCUT2D eigenvalue weighted by Gasteiger charge is -1.99. The SMILES string of the molecule is CCC(S)c1[c]cco1. The minimum atomic E-state index is 0.208. The number of rotatable bonds is 2. The molecule has 49 valence electrons. The molecule has 1 unspecified atom stereocenters. The minimum Gasteiger partial charge on any atom is -0.468 e. The summed E-state index contributed by atoms with van der Waals surface area (Å²) in [6.07, 6.45) is 2.60. The minimum absolute atomic E-state index is 0.208. The standard InChI is InChI=1S/C7H9OS/c1-2-7(9)6-4-3-5-8-6/h3,5,7,9H,2H2,1H3. The van der Waals surface area contributed by atoms with E-state index in [1.807, 2.05) is 0 Å². The van der Waals surface area contributed by atoms with Crippen molar-refractivity contribution in [2.45, 2.75) is 18.6 Å². The van der Waals surface area contributed by atoms with Gasteiger partial charge in [0.15, 0.2) is 0 Å². The van der Waals surface area contributed by atoms with Crippen LogP contribution in [0.4, 0.5) is 0 Å². The topological polar surface area (TPSA) is 13.1 Å². The molecule has 1 heterocycles. The van der Waals surface area contributed by atoms with Gasteiger partial charge in [-0.15, -0.1) is 0 Å². The molecular formula is C7H9OS. The van der Waals surface area contributed by atoms with Gasteiger partial charge < -0.3 is 4.42 Å². The normalized spacial score (nSPS) is 13.6. The van der Waals surface area contributed by atoms with Gasteiger partial charge in [0.2, 0.25) is 0 Å². The molecule has 0 fully saturated rings. The lowest BCUT2D eigenvalue weighted by atomic mass is 10.3. The summed E-state index contributed by atoms with van der Waals surface area (Å²) < 4.78 is 5.05. The zero-order chi connectivity index (χ0) is 6.69. The van der Waals surface area contributed by atoms with Gasteiger partial charge in [-0.1, -0.05) is 6.92 Å². The van der Waals surface area contributed by atoms with Crippen LogP contribution in [0.5, 0.6) is 0 Å². The van der Waals surface area contributed by atoms with Crippen molar-refractivity contribution < 1.29 is 4.42 Å². The molecule has 1 atom stereocenters. The lowest BCUT2D eigenvalue weighted by Crippen LogP contribution is -1.82. The molecular weight excluding hydrogens is 132 g/mol. The summed E-state index contributed by atoms with van der Waals surface area (Å²) in [4.78, 5) is 0. The molecule has 1 aromatic heterocycles. The molecule has 0 aliphatic heterocycles. The maximum atomic E-state index is 5.05. The van der Waals surface area contributed by atoms with E-state index < -0.39 is 0 Å². The molecule has 0 saturated carbocycles. The number of hydrogen-bond acceptors (Lipinski definition) is 2. The molecule has 0 saturated heterocycles. The zero-order valence-corrected chi connectivity index (χ0v) is 6.19. The van der Waals surface area contributed by atoms with Gasteiger partial charge >= 0.3 is 0 Å². The van der Waals surface area contributed by atoms with Crippen molar-refractivity contribution in [2.75, 3.05) is 0 Å². The van der Waals surface area contributed by atoms with Gasteiger partial charge in [-0.3, -0.25) is 0 Å². The van der Waals surface area contributed by atoms with Crippen LogP contribution in [-0.2, 0) is 0 Å². The van der Waals surface area contributed by atoms with Crippen LogP contribution in [0.15, 0.2) is 16.7 Å². The van der Waals surface area contributed by atoms with Gasteiger partial charge in [-0.05, 0) is 12.5 Å². The Morgan fingerprint density at radius 3 is 3.11 bits per heavy atom. The van der Waals surface area contributed by atoms with Gasteiger partial charge in [0.25, 0.3) is 0 Å². The molecule has 1 nitrogen and oxygen atoms in total. The molecule has 1 rings (SSSR count). The van der Waals surface area contributed by atoms with Crippen LogP contribution >= 0.6 is 12.6 Å². The maximum Gasteiger partial charge on any atom is 0.124 e. The number of furan rings is 1. The summed E-state index contributed by atoms with van der Waals surface area (Å²) in [5.41, 5.74) is 0. The third-order valence-corrected chi connectivity index (χ3v) is 1.78. The molecule has 1 aromatic rings. The average Bonchev–Trinajstić information content (AvgIpc) is 2.37. The third kappa shape index (κ3) is 1.52. The van der Waals surface area contributed by atoms with E-state index in [1.54, 1.807) is 12.3 Å². The van der Waals surface area contributed by atoms with Crippen LogP contribution < -0.4 is 0 Å². The monoisotopic (exact) mass is 141 g/mol. The van der Waals surface area contributed by atoms with E-state index in [-0.39, 0.29) is 5.25 Å². The molecule has 0 aromatic carbocycles. The summed E-state index contributed by atoms with van der Waals surface area (Å²) in [5.74, 6) is 0.834. The highest BCUT2D eigenvalue weighted by Crippen LogP contribution is 2.22. The molecule has 0 aliphatic carbocycles. The largest absolute Gasteiger partial charge is 0.468 e. The van der Waals surface area contributed by atoms with E-state index in [4.69, 9.17) is 4.42 Å². The first kappa shape index (κ1) is 6.75. The highest BCUT2D eigenvalue weighted by molar-refractivity contribution is 7.80. The van der Waals surface area contributed by atoms with Crippen molar-refractivity contribution in [3.05, 3.63) is 24.2 Å². The van der Waals surface area contributed by atoms with Gasteiger partial charge in [-0.2, -0.15) is 12.6 Å². The Bertz CT molecular complexity index is 157. The summed E-state index contributed by atoms with van der Waals surface area (Å²) in [7, 11) is 0. The third-order valence-electron chi connectivity index (χ3n) is 1.18. The van der Waals surface area contributed by atoms with Crippen molar-refractivity contribution in [1.29, 1.82) is 0 Å². The number of thiol groups is 1. The fourth-order valence-corrected chi connectivity index (χ4v) is 0.753. The van der Waals surface area contributed by atoms with E-state index in [0.29, 0.717) is 0 Å². The highest BCUT2D eigenvalue weighted by Gasteiger charge is 2.04. The van der Waals surface area contributed by atoms with Gasteiger partial charge in [0, 0.05) is 6.07 Å². The second-order valence-corrected chi connectivity index (χ2v) is 2.48. The molecule has 0 spiro atoms. The highest BCUT2D eigenvalue weighted by atomic mass is 32.1. The summed E-state index contributed by atoms with van der Waals surface area (Å²) >= 11 is 4.26. The zero-order valence-electron chi connectivity index (χ0n) is 5.29. The van der Waals surface area contributed by atoms with Gasteiger partial charge in [0.1, 0.15) is 5.76 Å². The van der Waals surface area contributed by atoms with Crippen LogP contribution in [0.2, 0.25) is 0 Å². The van der Waals surface area contributed by atoms with Crippen LogP contribution in [0.3, 0.4) is 0 Å². The fourth-order valence-electron chi connectivity index (χ4n) is 0.618. The van der Waals surface area contributed by atoms with Crippen molar-refractivity contribution in [3.8, 4) is 0 Å². The Kier molecular flexibility index (Phi) is 2.22. The molecule has 0 amide bonds. The van der Waals surface area contributed by atoms with Gasteiger partial charge in [0.05, 0.1) is 11.5 Å². The molecule has 9 heavy (non-hydrogen) atoms. The first-order chi connectivity index (χ1) is 4.34. The molecule has 0 aliphatic rings.